The van der Waals surface area contributed by atoms with Crippen LogP contribution in [0.1, 0.15) is 45.1 Å². The number of rotatable bonds is 8. The normalized spacial score (nSPS) is 18.6. The number of amides is 2. The van der Waals surface area contributed by atoms with Gasteiger partial charge in [0.1, 0.15) is 24.5 Å². The molecule has 29 heavy (non-hydrogen) atoms. The van der Waals surface area contributed by atoms with Gasteiger partial charge in [-0.2, -0.15) is 0 Å². The van der Waals surface area contributed by atoms with Gasteiger partial charge in [-0.25, -0.2) is 9.59 Å². The van der Waals surface area contributed by atoms with Crippen molar-refractivity contribution in [2.24, 2.45) is 11.8 Å². The molecule has 0 heterocycles. The Balaban J connectivity index is 1.96. The molecule has 0 spiro atoms. The molecule has 0 saturated heterocycles. The molecule has 3 N–H and O–H groups in total. The van der Waals surface area contributed by atoms with E-state index in [1.165, 1.54) is 0 Å². The lowest BCUT2D eigenvalue weighted by atomic mass is 9.83. The number of Topliss-reactive ketones (excluding diaryl/α,β-unsaturated/α-hetero) is 1. The second-order valence-electron chi connectivity index (χ2n) is 7.65. The number of ketones is 1. The first kappa shape index (κ1) is 22.4. The number of carbonyl (C=O) groups is 4. The highest BCUT2D eigenvalue weighted by molar-refractivity contribution is 5.90. The van der Waals surface area contributed by atoms with E-state index in [1.807, 2.05) is 30.3 Å². The third-order valence-corrected chi connectivity index (χ3v) is 4.99. The molecule has 1 aromatic rings. The number of carboxylic acid groups (broad SMARTS) is 1. The van der Waals surface area contributed by atoms with E-state index in [0.717, 1.165) is 5.56 Å². The fourth-order valence-corrected chi connectivity index (χ4v) is 3.39. The van der Waals surface area contributed by atoms with Crippen LogP contribution in [-0.4, -0.2) is 40.9 Å². The van der Waals surface area contributed by atoms with Gasteiger partial charge in [-0.05, 0) is 30.2 Å². The summed E-state index contributed by atoms with van der Waals surface area (Å²) in [4.78, 5) is 48.2. The van der Waals surface area contributed by atoms with E-state index in [-0.39, 0.29) is 24.7 Å². The topological polar surface area (TPSA) is 122 Å². The van der Waals surface area contributed by atoms with Gasteiger partial charge in [0.05, 0.1) is 0 Å². The lowest BCUT2D eigenvalue weighted by Crippen LogP contribution is -2.56. The third kappa shape index (κ3) is 6.89. The van der Waals surface area contributed by atoms with Crippen LogP contribution in [0.2, 0.25) is 0 Å². The molecule has 1 aromatic carbocycles. The average Bonchev–Trinajstić information content (AvgIpc) is 2.68. The lowest BCUT2D eigenvalue weighted by molar-refractivity contribution is -0.144. The fraction of sp³-hybridized carbons (Fsp3) is 0.524. The molecule has 0 aliphatic heterocycles. The molecule has 1 aliphatic carbocycles. The van der Waals surface area contributed by atoms with Gasteiger partial charge >= 0.3 is 12.1 Å². The number of ether oxygens (including phenoxy) is 1. The Hall–Kier alpha value is -2.90. The number of alkyl carbamates (subject to hydrolysis) is 1. The van der Waals surface area contributed by atoms with Crippen molar-refractivity contribution in [1.29, 1.82) is 0 Å². The van der Waals surface area contributed by atoms with Gasteiger partial charge in [0, 0.05) is 12.8 Å². The van der Waals surface area contributed by atoms with Crippen LogP contribution in [-0.2, 0) is 25.7 Å². The first-order chi connectivity index (χ1) is 13.8. The molecule has 3 atom stereocenters. The van der Waals surface area contributed by atoms with Crippen LogP contribution < -0.4 is 10.6 Å². The summed E-state index contributed by atoms with van der Waals surface area (Å²) >= 11 is 0. The predicted molar refractivity (Wildman–Crippen MR) is 105 cm³/mol. The zero-order valence-corrected chi connectivity index (χ0v) is 16.7. The van der Waals surface area contributed by atoms with E-state index in [0.29, 0.717) is 19.3 Å². The monoisotopic (exact) mass is 404 g/mol. The summed E-state index contributed by atoms with van der Waals surface area (Å²) in [5.74, 6) is -2.53. The van der Waals surface area contributed by atoms with E-state index in [4.69, 9.17) is 4.74 Å². The minimum Gasteiger partial charge on any atom is -0.480 e. The van der Waals surface area contributed by atoms with Crippen molar-refractivity contribution >= 4 is 23.8 Å². The maximum absolute atomic E-state index is 12.7. The Morgan fingerprint density at radius 1 is 1.17 bits per heavy atom. The van der Waals surface area contributed by atoms with Gasteiger partial charge in [0.15, 0.2) is 0 Å². The van der Waals surface area contributed by atoms with Gasteiger partial charge < -0.3 is 20.5 Å². The van der Waals surface area contributed by atoms with Crippen LogP contribution >= 0.6 is 0 Å². The maximum Gasteiger partial charge on any atom is 0.408 e. The van der Waals surface area contributed by atoms with Crippen LogP contribution in [0.4, 0.5) is 4.79 Å². The molecule has 0 aromatic heterocycles. The Kier molecular flexibility index (Phi) is 8.18. The van der Waals surface area contributed by atoms with Crippen LogP contribution in [0, 0.1) is 11.8 Å². The molecule has 8 nitrogen and oxygen atoms in total. The Morgan fingerprint density at radius 3 is 2.45 bits per heavy atom. The summed E-state index contributed by atoms with van der Waals surface area (Å²) < 4.78 is 5.15. The molecule has 2 rings (SSSR count). The molecule has 0 unspecified atom stereocenters. The largest absolute Gasteiger partial charge is 0.480 e. The molecule has 158 valence electrons. The van der Waals surface area contributed by atoms with Crippen LogP contribution in [0.3, 0.4) is 0 Å². The molecular weight excluding hydrogens is 376 g/mol. The molecule has 0 bridgehead atoms. The van der Waals surface area contributed by atoms with E-state index in [1.54, 1.807) is 13.8 Å². The number of nitrogens with one attached hydrogen (secondary N) is 2. The quantitative estimate of drug-likeness (QED) is 0.611. The molecular formula is C21H28N2O6. The Labute approximate surface area is 170 Å². The van der Waals surface area contributed by atoms with Gasteiger partial charge in [-0.1, -0.05) is 44.2 Å². The number of aliphatic carboxylic acids is 1. The number of hydrogen-bond acceptors (Lipinski definition) is 5. The SMILES string of the molecule is CC(C)[C@H](NC(=O)OCc1ccccc1)C(=O)N[C@@H](C(=O)O)[C@@H]1CCCC(=O)C1. The third-order valence-electron chi connectivity index (χ3n) is 4.99. The van der Waals surface area contributed by atoms with Crippen molar-refractivity contribution in [3.05, 3.63) is 35.9 Å². The van der Waals surface area contributed by atoms with E-state index >= 15 is 0 Å². The molecule has 2 amide bonds. The zero-order chi connectivity index (χ0) is 21.4. The molecule has 1 aliphatic rings. The van der Waals surface area contributed by atoms with Crippen molar-refractivity contribution in [1.82, 2.24) is 10.6 Å². The van der Waals surface area contributed by atoms with Gasteiger partial charge in [-0.3, -0.25) is 9.59 Å². The van der Waals surface area contributed by atoms with Gasteiger partial charge in [0.25, 0.3) is 0 Å². The minimum absolute atomic E-state index is 0.00442. The van der Waals surface area contributed by atoms with E-state index in [9.17, 15) is 24.3 Å². The predicted octanol–water partition coefficient (Wildman–Crippen LogP) is 2.27. The lowest BCUT2D eigenvalue weighted by Gasteiger charge is -2.29. The first-order valence-corrected chi connectivity index (χ1v) is 9.80. The van der Waals surface area contributed by atoms with E-state index in [2.05, 4.69) is 10.6 Å². The van der Waals surface area contributed by atoms with Crippen molar-refractivity contribution in [3.63, 3.8) is 0 Å². The summed E-state index contributed by atoms with van der Waals surface area (Å²) in [7, 11) is 0. The van der Waals surface area contributed by atoms with E-state index < -0.39 is 36.0 Å². The highest BCUT2D eigenvalue weighted by Gasteiger charge is 2.35. The second kappa shape index (κ2) is 10.6. The van der Waals surface area contributed by atoms with Crippen molar-refractivity contribution in [2.75, 3.05) is 0 Å². The van der Waals surface area contributed by atoms with Crippen LogP contribution in [0.5, 0.6) is 0 Å². The molecule has 1 fully saturated rings. The number of carbonyl (C=O) groups excluding carboxylic acids is 3. The highest BCUT2D eigenvalue weighted by Crippen LogP contribution is 2.25. The van der Waals surface area contributed by atoms with Crippen molar-refractivity contribution < 1.29 is 29.0 Å². The highest BCUT2D eigenvalue weighted by atomic mass is 16.5. The zero-order valence-electron chi connectivity index (χ0n) is 16.7. The summed E-state index contributed by atoms with van der Waals surface area (Å²) in [6, 6.07) is 6.98. The number of hydrogen-bond donors (Lipinski definition) is 3. The summed E-state index contributed by atoms with van der Waals surface area (Å²) in [5.41, 5.74) is 0.807. The molecule has 0 radical (unpaired) electrons. The maximum atomic E-state index is 12.7. The molecule has 1 saturated carbocycles. The van der Waals surface area contributed by atoms with Gasteiger partial charge in [0.2, 0.25) is 5.91 Å². The Morgan fingerprint density at radius 2 is 1.86 bits per heavy atom. The van der Waals surface area contributed by atoms with Crippen LogP contribution in [0.15, 0.2) is 30.3 Å². The fourth-order valence-electron chi connectivity index (χ4n) is 3.39. The van der Waals surface area contributed by atoms with Gasteiger partial charge in [-0.15, -0.1) is 0 Å². The standard InChI is InChI=1S/C21H28N2O6/c1-13(2)17(23-21(28)29-12-14-7-4-3-5-8-14)19(25)22-18(20(26)27)15-9-6-10-16(24)11-15/h3-5,7-8,13,15,17-18H,6,9-12H2,1-2H3,(H,22,25)(H,23,28)(H,26,27)/t15-,17+,18-/m1/s1. The summed E-state index contributed by atoms with van der Waals surface area (Å²) in [5, 5.41) is 14.6. The van der Waals surface area contributed by atoms with Crippen molar-refractivity contribution in [3.8, 4) is 0 Å². The first-order valence-electron chi connectivity index (χ1n) is 9.80. The second-order valence-corrected chi connectivity index (χ2v) is 7.65. The number of carboxylic acids is 1. The summed E-state index contributed by atoms with van der Waals surface area (Å²) in [6.45, 7) is 3.53. The molecule has 8 heteroatoms. The smallest absolute Gasteiger partial charge is 0.408 e. The summed E-state index contributed by atoms with van der Waals surface area (Å²) in [6.07, 6.45) is 0.987. The Bertz CT molecular complexity index is 734. The van der Waals surface area contributed by atoms with Crippen molar-refractivity contribution in [2.45, 2.75) is 58.2 Å². The number of benzene rings is 1. The van der Waals surface area contributed by atoms with Crippen LogP contribution in [0.25, 0.3) is 0 Å². The average molecular weight is 404 g/mol. The minimum atomic E-state index is -1.19.